The van der Waals surface area contributed by atoms with E-state index in [4.69, 9.17) is 9.47 Å². The van der Waals surface area contributed by atoms with E-state index in [1.54, 1.807) is 0 Å². The van der Waals surface area contributed by atoms with Crippen molar-refractivity contribution in [2.24, 2.45) is 0 Å². The largest absolute Gasteiger partial charge is 0.450 e. The highest BCUT2D eigenvalue weighted by molar-refractivity contribution is 7.25. The summed E-state index contributed by atoms with van der Waals surface area (Å²) in [4.78, 5) is 0. The predicted molar refractivity (Wildman–Crippen MR) is 166 cm³/mol. The van der Waals surface area contributed by atoms with E-state index >= 15 is 0 Å². The molecule has 0 N–H and O–H groups in total. The van der Waals surface area contributed by atoms with Crippen LogP contribution in [0, 0.1) is 0 Å². The minimum Gasteiger partial charge on any atom is -0.450 e. The molecule has 3 nitrogen and oxygen atoms in total. The van der Waals surface area contributed by atoms with Crippen LogP contribution in [0.3, 0.4) is 0 Å². The molecule has 3 heterocycles. The molecule has 0 saturated carbocycles. The van der Waals surface area contributed by atoms with Crippen molar-refractivity contribution < 1.29 is 9.47 Å². The van der Waals surface area contributed by atoms with Crippen LogP contribution in [0.5, 0.6) is 23.0 Å². The van der Waals surface area contributed by atoms with Crippen molar-refractivity contribution in [1.29, 1.82) is 0 Å². The van der Waals surface area contributed by atoms with Crippen LogP contribution in [0.4, 0.5) is 0 Å². The summed E-state index contributed by atoms with van der Waals surface area (Å²) in [6, 6.07) is 44.9. The van der Waals surface area contributed by atoms with E-state index in [1.807, 2.05) is 41.7 Å². The van der Waals surface area contributed by atoms with Crippen molar-refractivity contribution in [3.63, 3.8) is 0 Å². The number of para-hydroxylation sites is 3. The van der Waals surface area contributed by atoms with Gasteiger partial charge >= 0.3 is 0 Å². The van der Waals surface area contributed by atoms with Crippen LogP contribution in [0.15, 0.2) is 127 Å². The third-order valence-corrected chi connectivity index (χ3v) is 8.99. The Kier molecular flexibility index (Phi) is 4.48. The minimum atomic E-state index is 0.732. The summed E-state index contributed by atoms with van der Waals surface area (Å²) < 4.78 is 17.3. The molecule has 6 aromatic carbocycles. The normalized spacial score (nSPS) is 12.4. The molecule has 8 aromatic rings. The van der Waals surface area contributed by atoms with Crippen molar-refractivity contribution in [2.75, 3.05) is 0 Å². The monoisotopic (exact) mass is 531 g/mol. The van der Waals surface area contributed by atoms with E-state index in [0.717, 1.165) is 34.1 Å². The Morgan fingerprint density at radius 2 is 1.07 bits per heavy atom. The third-order valence-electron chi connectivity index (χ3n) is 7.86. The van der Waals surface area contributed by atoms with Gasteiger partial charge in [0.15, 0.2) is 23.0 Å². The highest BCUT2D eigenvalue weighted by atomic mass is 32.1. The summed E-state index contributed by atoms with van der Waals surface area (Å²) in [5, 5.41) is 5.10. The van der Waals surface area contributed by atoms with Gasteiger partial charge in [-0.05, 0) is 71.8 Å². The molecule has 0 saturated heterocycles. The molecule has 0 bridgehead atoms. The fourth-order valence-electron chi connectivity index (χ4n) is 5.99. The first kappa shape index (κ1) is 21.8. The van der Waals surface area contributed by atoms with Crippen molar-refractivity contribution >= 4 is 53.3 Å². The number of hydrogen-bond donors (Lipinski definition) is 0. The van der Waals surface area contributed by atoms with Gasteiger partial charge in [0, 0.05) is 36.6 Å². The molecule has 4 heteroatoms. The lowest BCUT2D eigenvalue weighted by molar-refractivity contribution is 0.360. The number of ether oxygens (including phenoxy) is 2. The Morgan fingerprint density at radius 3 is 1.98 bits per heavy atom. The van der Waals surface area contributed by atoms with Gasteiger partial charge in [0.25, 0.3) is 0 Å². The highest BCUT2D eigenvalue weighted by Crippen LogP contribution is 2.47. The molecule has 0 radical (unpaired) electrons. The van der Waals surface area contributed by atoms with E-state index < -0.39 is 0 Å². The third kappa shape index (κ3) is 3.17. The maximum absolute atomic E-state index is 6.19. The van der Waals surface area contributed by atoms with Gasteiger partial charge in [-0.3, -0.25) is 0 Å². The second-order valence-corrected chi connectivity index (χ2v) is 11.3. The van der Waals surface area contributed by atoms with Gasteiger partial charge in [-0.25, -0.2) is 0 Å². The van der Waals surface area contributed by atoms with Gasteiger partial charge in [0.1, 0.15) is 0 Å². The maximum Gasteiger partial charge on any atom is 0.170 e. The molecule has 0 atom stereocenters. The number of rotatable bonds is 2. The number of thiophene rings is 1. The molecule has 9 rings (SSSR count). The predicted octanol–water partition coefficient (Wildman–Crippen LogP) is 10.7. The van der Waals surface area contributed by atoms with E-state index in [1.165, 1.54) is 47.7 Å². The van der Waals surface area contributed by atoms with Gasteiger partial charge < -0.3 is 14.0 Å². The number of fused-ring (bicyclic) bond motifs is 8. The van der Waals surface area contributed by atoms with Gasteiger partial charge in [0.2, 0.25) is 0 Å². The van der Waals surface area contributed by atoms with Crippen molar-refractivity contribution in [1.82, 2.24) is 4.57 Å². The van der Waals surface area contributed by atoms with Crippen molar-refractivity contribution in [3.05, 3.63) is 127 Å². The molecule has 1 aliphatic heterocycles. The average Bonchev–Trinajstić information content (AvgIpc) is 3.54. The summed E-state index contributed by atoms with van der Waals surface area (Å²) in [6.45, 7) is 0. The van der Waals surface area contributed by atoms with Crippen LogP contribution >= 0.6 is 11.3 Å². The summed E-state index contributed by atoms with van der Waals surface area (Å²) in [6.07, 6.45) is 0. The first-order valence-corrected chi connectivity index (χ1v) is 14.2. The number of aromatic nitrogens is 1. The fraction of sp³-hybridized carbons (Fsp3) is 0. The molecule has 0 spiro atoms. The van der Waals surface area contributed by atoms with E-state index in [-0.39, 0.29) is 0 Å². The first-order chi connectivity index (χ1) is 19.8. The molecule has 40 heavy (non-hydrogen) atoms. The molecular formula is C36H21NO2S. The summed E-state index contributed by atoms with van der Waals surface area (Å²) >= 11 is 1.86. The Labute approximate surface area is 234 Å². The smallest absolute Gasteiger partial charge is 0.170 e. The summed E-state index contributed by atoms with van der Waals surface area (Å²) in [5.41, 5.74) is 5.80. The minimum absolute atomic E-state index is 0.732. The molecule has 188 valence electrons. The highest BCUT2D eigenvalue weighted by Gasteiger charge is 2.20. The van der Waals surface area contributed by atoms with Gasteiger partial charge in [-0.1, -0.05) is 66.7 Å². The van der Waals surface area contributed by atoms with Crippen LogP contribution < -0.4 is 9.47 Å². The maximum atomic E-state index is 6.19. The lowest BCUT2D eigenvalue weighted by Crippen LogP contribution is -1.98. The molecule has 0 fully saturated rings. The molecular weight excluding hydrogens is 510 g/mol. The van der Waals surface area contributed by atoms with E-state index in [2.05, 4.69) is 102 Å². The second-order valence-electron chi connectivity index (χ2n) is 10.2. The zero-order valence-corrected chi connectivity index (χ0v) is 22.1. The van der Waals surface area contributed by atoms with Crippen LogP contribution in [-0.4, -0.2) is 4.57 Å². The molecule has 0 unspecified atom stereocenters. The van der Waals surface area contributed by atoms with Crippen LogP contribution in [0.1, 0.15) is 0 Å². The quantitative estimate of drug-likeness (QED) is 0.221. The SMILES string of the molecule is c1ccc2c(c1)Oc1ccc(-c3ccc4c(c3)c3ccccc3n4-c3ccc4c(c3)sc3ccccc34)cc1O2. The van der Waals surface area contributed by atoms with Crippen LogP contribution in [0.25, 0.3) is 58.8 Å². The summed E-state index contributed by atoms with van der Waals surface area (Å²) in [7, 11) is 0. The molecule has 2 aromatic heterocycles. The first-order valence-electron chi connectivity index (χ1n) is 13.3. The molecule has 0 amide bonds. The zero-order chi connectivity index (χ0) is 26.2. The number of benzene rings is 6. The molecule has 1 aliphatic rings. The van der Waals surface area contributed by atoms with E-state index in [0.29, 0.717) is 0 Å². The number of nitrogens with zero attached hydrogens (tertiary/aromatic N) is 1. The molecule has 0 aliphatic carbocycles. The zero-order valence-electron chi connectivity index (χ0n) is 21.3. The van der Waals surface area contributed by atoms with Crippen LogP contribution in [-0.2, 0) is 0 Å². The lowest BCUT2D eigenvalue weighted by Gasteiger charge is -2.21. The Morgan fingerprint density at radius 1 is 0.425 bits per heavy atom. The average molecular weight is 532 g/mol. The number of hydrogen-bond acceptors (Lipinski definition) is 3. The van der Waals surface area contributed by atoms with E-state index in [9.17, 15) is 0 Å². The Hall–Kier alpha value is -5.06. The van der Waals surface area contributed by atoms with Gasteiger partial charge in [0.05, 0.1) is 11.0 Å². The topological polar surface area (TPSA) is 23.4 Å². The Balaban J connectivity index is 1.20. The summed E-state index contributed by atoms with van der Waals surface area (Å²) in [5.74, 6) is 2.94. The van der Waals surface area contributed by atoms with Gasteiger partial charge in [-0.15, -0.1) is 11.3 Å². The van der Waals surface area contributed by atoms with Crippen molar-refractivity contribution in [3.8, 4) is 39.8 Å². The Bertz CT molecular complexity index is 2290. The van der Waals surface area contributed by atoms with Gasteiger partial charge in [-0.2, -0.15) is 0 Å². The lowest BCUT2D eigenvalue weighted by atomic mass is 10.0. The fourth-order valence-corrected chi connectivity index (χ4v) is 7.13. The van der Waals surface area contributed by atoms with Crippen molar-refractivity contribution in [2.45, 2.75) is 0 Å². The van der Waals surface area contributed by atoms with Crippen LogP contribution in [0.2, 0.25) is 0 Å². The standard InChI is InChI=1S/C36H21NO2S/c1-3-9-29-25(7-1)28-19-22(23-14-18-33-34(20-23)39-32-11-5-4-10-31(32)38-33)13-17-30(28)37(29)24-15-16-27-26-8-2-6-12-35(26)40-36(27)21-24/h1-21H. The second kappa shape index (κ2) is 8.22.